The Morgan fingerprint density at radius 2 is 2.16 bits per heavy atom. The standard InChI is InChI=1S/C13H15N5O/c1-2-10-7-9(8-12(16-10)18-14)13(19)17-11-5-3-4-6-15-11/h3-8H,2,14H2,1H3,(H,16,18)(H,15,17,19). The Kier molecular flexibility index (Phi) is 4.04. The van der Waals surface area contributed by atoms with Crippen molar-refractivity contribution in [3.63, 3.8) is 0 Å². The molecule has 0 aromatic carbocycles. The van der Waals surface area contributed by atoms with Gasteiger partial charge in [-0.2, -0.15) is 0 Å². The van der Waals surface area contributed by atoms with Crippen LogP contribution in [0.1, 0.15) is 23.0 Å². The maximum absolute atomic E-state index is 12.1. The number of aryl methyl sites for hydroxylation is 1. The minimum Gasteiger partial charge on any atom is -0.308 e. The highest BCUT2D eigenvalue weighted by Gasteiger charge is 2.09. The van der Waals surface area contributed by atoms with Crippen LogP contribution in [0.15, 0.2) is 36.5 Å². The summed E-state index contributed by atoms with van der Waals surface area (Å²) in [5, 5.41) is 2.71. The van der Waals surface area contributed by atoms with Gasteiger partial charge in [0, 0.05) is 17.5 Å². The van der Waals surface area contributed by atoms with Crippen LogP contribution in [0, 0.1) is 0 Å². The molecule has 0 saturated heterocycles. The SMILES string of the molecule is CCc1cc(C(=O)Nc2ccccn2)cc(NN)n1. The molecule has 0 spiro atoms. The summed E-state index contributed by atoms with van der Waals surface area (Å²) in [6.45, 7) is 1.96. The molecule has 0 atom stereocenters. The number of rotatable bonds is 4. The summed E-state index contributed by atoms with van der Waals surface area (Å²) in [6, 6.07) is 8.64. The Morgan fingerprint density at radius 3 is 2.79 bits per heavy atom. The number of anilines is 2. The van der Waals surface area contributed by atoms with Gasteiger partial charge in [0.2, 0.25) is 0 Å². The average molecular weight is 257 g/mol. The molecule has 19 heavy (non-hydrogen) atoms. The van der Waals surface area contributed by atoms with Crippen molar-refractivity contribution in [3.05, 3.63) is 47.8 Å². The van der Waals surface area contributed by atoms with Gasteiger partial charge in [-0.3, -0.25) is 4.79 Å². The minimum atomic E-state index is -0.243. The van der Waals surface area contributed by atoms with Crippen molar-refractivity contribution in [1.29, 1.82) is 0 Å². The highest BCUT2D eigenvalue weighted by atomic mass is 16.1. The molecule has 0 aliphatic carbocycles. The number of carbonyl (C=O) groups is 1. The quantitative estimate of drug-likeness (QED) is 0.571. The number of aromatic nitrogens is 2. The first-order valence-electron chi connectivity index (χ1n) is 5.93. The molecule has 1 amide bonds. The fraction of sp³-hybridized carbons (Fsp3) is 0.154. The molecule has 2 heterocycles. The summed E-state index contributed by atoms with van der Waals surface area (Å²) in [5.74, 6) is 6.06. The molecule has 0 aliphatic heterocycles. The smallest absolute Gasteiger partial charge is 0.257 e. The van der Waals surface area contributed by atoms with Crippen molar-refractivity contribution in [2.24, 2.45) is 5.84 Å². The predicted molar refractivity (Wildman–Crippen MR) is 73.6 cm³/mol. The van der Waals surface area contributed by atoms with Crippen LogP contribution in [0.3, 0.4) is 0 Å². The number of hydrogen-bond acceptors (Lipinski definition) is 5. The number of nitrogen functional groups attached to an aromatic ring is 1. The Morgan fingerprint density at radius 1 is 1.32 bits per heavy atom. The van der Waals surface area contributed by atoms with E-state index >= 15 is 0 Å². The van der Waals surface area contributed by atoms with E-state index in [1.807, 2.05) is 6.92 Å². The Bertz CT molecular complexity index is 548. The summed E-state index contributed by atoms with van der Waals surface area (Å²) < 4.78 is 0. The second-order valence-electron chi connectivity index (χ2n) is 3.90. The summed E-state index contributed by atoms with van der Waals surface area (Å²) in [4.78, 5) is 20.4. The number of hydrazine groups is 1. The lowest BCUT2D eigenvalue weighted by molar-refractivity contribution is 0.102. The molecule has 2 rings (SSSR count). The number of nitrogens with two attached hydrogens (primary N) is 1. The zero-order valence-corrected chi connectivity index (χ0v) is 10.6. The number of nitrogens with zero attached hydrogens (tertiary/aromatic N) is 2. The lowest BCUT2D eigenvalue weighted by atomic mass is 10.2. The summed E-state index contributed by atoms with van der Waals surface area (Å²) in [7, 11) is 0. The van der Waals surface area contributed by atoms with Crippen molar-refractivity contribution < 1.29 is 4.79 Å². The van der Waals surface area contributed by atoms with Gasteiger partial charge in [0.05, 0.1) is 0 Å². The van der Waals surface area contributed by atoms with E-state index in [1.165, 1.54) is 0 Å². The van der Waals surface area contributed by atoms with Crippen molar-refractivity contribution >= 4 is 17.5 Å². The molecule has 2 aromatic heterocycles. The van der Waals surface area contributed by atoms with Crippen LogP contribution >= 0.6 is 0 Å². The van der Waals surface area contributed by atoms with Gasteiger partial charge in [-0.15, -0.1) is 0 Å². The molecular weight excluding hydrogens is 242 g/mol. The normalized spacial score (nSPS) is 10.0. The van der Waals surface area contributed by atoms with Crippen molar-refractivity contribution in [3.8, 4) is 0 Å². The van der Waals surface area contributed by atoms with Gasteiger partial charge >= 0.3 is 0 Å². The average Bonchev–Trinajstić information content (AvgIpc) is 2.47. The highest BCUT2D eigenvalue weighted by molar-refractivity contribution is 6.04. The fourth-order valence-electron chi connectivity index (χ4n) is 1.60. The lowest BCUT2D eigenvalue weighted by Crippen LogP contribution is -2.16. The molecule has 0 bridgehead atoms. The van der Waals surface area contributed by atoms with E-state index in [0.29, 0.717) is 17.2 Å². The first-order valence-corrected chi connectivity index (χ1v) is 5.93. The van der Waals surface area contributed by atoms with Gasteiger partial charge in [0.15, 0.2) is 0 Å². The Hall–Kier alpha value is -2.47. The van der Waals surface area contributed by atoms with Gasteiger partial charge in [-0.05, 0) is 30.7 Å². The molecule has 2 aromatic rings. The zero-order chi connectivity index (χ0) is 13.7. The van der Waals surface area contributed by atoms with Gasteiger partial charge < -0.3 is 10.7 Å². The van der Waals surface area contributed by atoms with Crippen LogP contribution in [0.25, 0.3) is 0 Å². The van der Waals surface area contributed by atoms with Crippen molar-refractivity contribution in [2.45, 2.75) is 13.3 Å². The van der Waals surface area contributed by atoms with E-state index in [0.717, 1.165) is 12.1 Å². The van der Waals surface area contributed by atoms with Crippen molar-refractivity contribution in [1.82, 2.24) is 9.97 Å². The van der Waals surface area contributed by atoms with E-state index < -0.39 is 0 Å². The third kappa shape index (κ3) is 3.26. The molecular formula is C13H15N5O. The second-order valence-corrected chi connectivity index (χ2v) is 3.90. The van der Waals surface area contributed by atoms with Crippen LogP contribution in [0.2, 0.25) is 0 Å². The number of carbonyl (C=O) groups excluding carboxylic acids is 1. The van der Waals surface area contributed by atoms with Crippen LogP contribution in [-0.4, -0.2) is 15.9 Å². The van der Waals surface area contributed by atoms with E-state index in [9.17, 15) is 4.79 Å². The lowest BCUT2D eigenvalue weighted by Gasteiger charge is -2.08. The summed E-state index contributed by atoms with van der Waals surface area (Å²) >= 11 is 0. The van der Waals surface area contributed by atoms with Crippen LogP contribution in [0.5, 0.6) is 0 Å². The second kappa shape index (κ2) is 5.92. The summed E-state index contributed by atoms with van der Waals surface area (Å²) in [6.07, 6.45) is 2.34. The van der Waals surface area contributed by atoms with E-state index in [1.54, 1.807) is 36.5 Å². The number of hydrogen-bond donors (Lipinski definition) is 3. The molecule has 0 aliphatic rings. The number of pyridine rings is 2. The first-order chi connectivity index (χ1) is 9.22. The minimum absolute atomic E-state index is 0.243. The maximum Gasteiger partial charge on any atom is 0.257 e. The van der Waals surface area contributed by atoms with E-state index in [2.05, 4.69) is 20.7 Å². The zero-order valence-electron chi connectivity index (χ0n) is 10.6. The van der Waals surface area contributed by atoms with Gasteiger partial charge in [0.25, 0.3) is 5.91 Å². The highest BCUT2D eigenvalue weighted by Crippen LogP contribution is 2.12. The monoisotopic (exact) mass is 257 g/mol. The van der Waals surface area contributed by atoms with Gasteiger partial charge in [-0.25, -0.2) is 15.8 Å². The third-order valence-electron chi connectivity index (χ3n) is 2.56. The fourth-order valence-corrected chi connectivity index (χ4v) is 1.60. The first kappa shape index (κ1) is 13.0. The molecule has 0 unspecified atom stereocenters. The Balaban J connectivity index is 2.23. The number of nitrogens with one attached hydrogen (secondary N) is 2. The molecule has 0 fully saturated rings. The van der Waals surface area contributed by atoms with Crippen LogP contribution in [0.4, 0.5) is 11.6 Å². The van der Waals surface area contributed by atoms with Crippen LogP contribution in [-0.2, 0) is 6.42 Å². The Labute approximate surface area is 111 Å². The largest absolute Gasteiger partial charge is 0.308 e. The maximum atomic E-state index is 12.1. The molecule has 4 N–H and O–H groups in total. The molecule has 98 valence electrons. The van der Waals surface area contributed by atoms with E-state index in [4.69, 9.17) is 5.84 Å². The van der Waals surface area contributed by atoms with Crippen LogP contribution < -0.4 is 16.6 Å². The molecule has 0 radical (unpaired) electrons. The third-order valence-corrected chi connectivity index (χ3v) is 2.56. The summed E-state index contributed by atoms with van der Waals surface area (Å²) in [5.41, 5.74) is 3.74. The topological polar surface area (TPSA) is 92.9 Å². The van der Waals surface area contributed by atoms with E-state index in [-0.39, 0.29) is 5.91 Å². The number of amides is 1. The van der Waals surface area contributed by atoms with Gasteiger partial charge in [0.1, 0.15) is 11.6 Å². The predicted octanol–water partition coefficient (Wildman–Crippen LogP) is 1.58. The van der Waals surface area contributed by atoms with Gasteiger partial charge in [-0.1, -0.05) is 13.0 Å². The molecule has 6 nitrogen and oxygen atoms in total. The molecule has 6 heteroatoms. The van der Waals surface area contributed by atoms with Crippen molar-refractivity contribution in [2.75, 3.05) is 10.7 Å². The molecule has 0 saturated carbocycles.